The molecule has 3 aromatic carbocycles. The summed E-state index contributed by atoms with van der Waals surface area (Å²) in [7, 11) is 0. The van der Waals surface area contributed by atoms with Crippen LogP contribution in [-0.4, -0.2) is 22.0 Å². The standard InChI is InChI=1S/C23H20N2O4/c1-16-13-18(22(27)21(14-16)25(28)29)15-24-23(17(2)26,19-9-5-3-6-10-19)20-11-7-4-8-12-20/h3-15,27H,1-2H3/b24-15+. The number of aromatic hydroxyl groups is 1. The number of hydrogen-bond donors (Lipinski definition) is 1. The second-order valence-electron chi connectivity index (χ2n) is 6.74. The summed E-state index contributed by atoms with van der Waals surface area (Å²) >= 11 is 0. The van der Waals surface area contributed by atoms with Crippen LogP contribution in [-0.2, 0) is 10.3 Å². The Labute approximate surface area is 168 Å². The van der Waals surface area contributed by atoms with Crippen molar-refractivity contribution in [3.8, 4) is 5.75 Å². The van der Waals surface area contributed by atoms with Crippen molar-refractivity contribution >= 4 is 17.7 Å². The molecule has 0 amide bonds. The molecule has 0 unspecified atom stereocenters. The van der Waals surface area contributed by atoms with Gasteiger partial charge in [0.25, 0.3) is 0 Å². The lowest BCUT2D eigenvalue weighted by molar-refractivity contribution is -0.385. The average molecular weight is 388 g/mol. The number of carbonyl (C=O) groups excluding carboxylic acids is 1. The summed E-state index contributed by atoms with van der Waals surface area (Å²) in [6, 6.07) is 21.1. The fourth-order valence-corrected chi connectivity index (χ4v) is 3.36. The van der Waals surface area contributed by atoms with E-state index < -0.39 is 21.9 Å². The number of rotatable bonds is 6. The number of carbonyl (C=O) groups is 1. The third-order valence-corrected chi connectivity index (χ3v) is 4.75. The lowest BCUT2D eigenvalue weighted by atomic mass is 9.80. The number of nitrogens with zero attached hydrogens (tertiary/aromatic N) is 2. The molecule has 0 fully saturated rings. The van der Waals surface area contributed by atoms with Gasteiger partial charge < -0.3 is 5.11 Å². The number of aryl methyl sites for hydroxylation is 1. The van der Waals surface area contributed by atoms with Gasteiger partial charge in [-0.05, 0) is 36.6 Å². The van der Waals surface area contributed by atoms with E-state index in [2.05, 4.69) is 4.99 Å². The monoisotopic (exact) mass is 388 g/mol. The number of aliphatic imine (C=N–C) groups is 1. The van der Waals surface area contributed by atoms with Gasteiger partial charge in [0.05, 0.1) is 4.92 Å². The average Bonchev–Trinajstić information content (AvgIpc) is 2.71. The summed E-state index contributed by atoms with van der Waals surface area (Å²) in [6.45, 7) is 3.15. The topological polar surface area (TPSA) is 92.8 Å². The van der Waals surface area contributed by atoms with Gasteiger partial charge in [-0.2, -0.15) is 0 Å². The fourth-order valence-electron chi connectivity index (χ4n) is 3.36. The molecule has 0 spiro atoms. The number of phenolic OH excluding ortho intramolecular Hbond substituents is 1. The van der Waals surface area contributed by atoms with Crippen molar-refractivity contribution < 1.29 is 14.8 Å². The van der Waals surface area contributed by atoms with Crippen LogP contribution >= 0.6 is 0 Å². The summed E-state index contributed by atoms with van der Waals surface area (Å²) in [5, 5.41) is 21.6. The molecule has 6 heteroatoms. The van der Waals surface area contributed by atoms with Gasteiger partial charge in [-0.3, -0.25) is 19.9 Å². The fraction of sp³-hybridized carbons (Fsp3) is 0.130. The van der Waals surface area contributed by atoms with E-state index >= 15 is 0 Å². The van der Waals surface area contributed by atoms with E-state index in [9.17, 15) is 20.0 Å². The van der Waals surface area contributed by atoms with Crippen molar-refractivity contribution in [2.24, 2.45) is 4.99 Å². The van der Waals surface area contributed by atoms with Crippen LogP contribution in [0.4, 0.5) is 5.69 Å². The Bertz CT molecular complexity index is 1040. The third-order valence-electron chi connectivity index (χ3n) is 4.75. The van der Waals surface area contributed by atoms with E-state index in [0.29, 0.717) is 16.7 Å². The molecule has 3 rings (SSSR count). The quantitative estimate of drug-likeness (QED) is 0.380. The van der Waals surface area contributed by atoms with Gasteiger partial charge >= 0.3 is 5.69 Å². The molecular weight excluding hydrogens is 368 g/mol. The molecule has 0 bridgehead atoms. The van der Waals surface area contributed by atoms with Crippen LogP contribution in [0.25, 0.3) is 0 Å². The van der Waals surface area contributed by atoms with Gasteiger partial charge in [-0.1, -0.05) is 60.7 Å². The molecule has 29 heavy (non-hydrogen) atoms. The SMILES string of the molecule is CC(=O)C(/N=C/c1cc(C)cc([N+](=O)[O-])c1O)(c1ccccc1)c1ccccc1. The molecule has 146 valence electrons. The first kappa shape index (κ1) is 19.9. The summed E-state index contributed by atoms with van der Waals surface area (Å²) in [5.41, 5.74) is 0.360. The number of phenols is 1. The molecule has 0 radical (unpaired) electrons. The highest BCUT2D eigenvalue weighted by Gasteiger charge is 2.38. The number of hydrogen-bond acceptors (Lipinski definition) is 5. The van der Waals surface area contributed by atoms with Gasteiger partial charge in [0, 0.05) is 17.8 Å². The highest BCUT2D eigenvalue weighted by molar-refractivity contribution is 5.95. The van der Waals surface area contributed by atoms with E-state index in [4.69, 9.17) is 0 Å². The van der Waals surface area contributed by atoms with Gasteiger partial charge in [0.1, 0.15) is 0 Å². The molecule has 3 aromatic rings. The maximum Gasteiger partial charge on any atom is 0.311 e. The van der Waals surface area contributed by atoms with Gasteiger partial charge in [-0.15, -0.1) is 0 Å². The Hall–Kier alpha value is -3.80. The molecule has 0 saturated heterocycles. The van der Waals surface area contributed by atoms with Crippen LogP contribution in [0, 0.1) is 17.0 Å². The second-order valence-corrected chi connectivity index (χ2v) is 6.74. The van der Waals surface area contributed by atoms with E-state index in [-0.39, 0.29) is 11.3 Å². The van der Waals surface area contributed by atoms with Crippen molar-refractivity contribution in [2.45, 2.75) is 19.4 Å². The van der Waals surface area contributed by atoms with E-state index in [1.165, 1.54) is 19.2 Å². The predicted octanol–water partition coefficient (Wildman–Crippen LogP) is 4.56. The van der Waals surface area contributed by atoms with Gasteiger partial charge in [0.15, 0.2) is 11.3 Å². The van der Waals surface area contributed by atoms with Crippen LogP contribution in [0.3, 0.4) is 0 Å². The highest BCUT2D eigenvalue weighted by atomic mass is 16.6. The molecule has 1 N–H and O–H groups in total. The summed E-state index contributed by atoms with van der Waals surface area (Å²) in [4.78, 5) is 28.1. The lowest BCUT2D eigenvalue weighted by Crippen LogP contribution is -2.33. The number of benzene rings is 3. The maximum atomic E-state index is 12.9. The molecule has 6 nitrogen and oxygen atoms in total. The van der Waals surface area contributed by atoms with Crippen molar-refractivity contribution in [3.63, 3.8) is 0 Å². The van der Waals surface area contributed by atoms with Crippen molar-refractivity contribution in [1.82, 2.24) is 0 Å². The largest absolute Gasteiger partial charge is 0.502 e. The first-order valence-electron chi connectivity index (χ1n) is 9.01. The van der Waals surface area contributed by atoms with Crippen molar-refractivity contribution in [2.75, 3.05) is 0 Å². The maximum absolute atomic E-state index is 12.9. The number of nitro benzene ring substituents is 1. The van der Waals surface area contributed by atoms with Crippen LogP contribution in [0.15, 0.2) is 77.8 Å². The minimum Gasteiger partial charge on any atom is -0.502 e. The van der Waals surface area contributed by atoms with Gasteiger partial charge in [0.2, 0.25) is 5.75 Å². The Balaban J connectivity index is 2.25. The van der Waals surface area contributed by atoms with Crippen LogP contribution in [0.1, 0.15) is 29.2 Å². The van der Waals surface area contributed by atoms with Crippen molar-refractivity contribution in [3.05, 3.63) is 105 Å². The molecular formula is C23H20N2O4. The van der Waals surface area contributed by atoms with Crippen LogP contribution < -0.4 is 0 Å². The second kappa shape index (κ2) is 8.06. The Kier molecular flexibility index (Phi) is 5.54. The molecule has 0 aromatic heterocycles. The van der Waals surface area contributed by atoms with E-state index in [1.807, 2.05) is 60.7 Å². The minimum absolute atomic E-state index is 0.175. The van der Waals surface area contributed by atoms with Crippen LogP contribution in [0.5, 0.6) is 5.75 Å². The normalized spacial score (nSPS) is 11.5. The Morgan fingerprint density at radius 1 is 1.03 bits per heavy atom. The highest BCUT2D eigenvalue weighted by Crippen LogP contribution is 2.36. The molecule has 0 aliphatic heterocycles. The van der Waals surface area contributed by atoms with E-state index in [1.54, 1.807) is 13.0 Å². The third kappa shape index (κ3) is 3.78. The number of ketones is 1. The Morgan fingerprint density at radius 3 is 2.00 bits per heavy atom. The Morgan fingerprint density at radius 2 is 1.55 bits per heavy atom. The first-order chi connectivity index (χ1) is 13.9. The van der Waals surface area contributed by atoms with E-state index in [0.717, 1.165) is 0 Å². The smallest absolute Gasteiger partial charge is 0.311 e. The summed E-state index contributed by atoms with van der Waals surface area (Å²) in [5.74, 6) is -0.698. The zero-order chi connectivity index (χ0) is 21.0. The summed E-state index contributed by atoms with van der Waals surface area (Å²) in [6.07, 6.45) is 1.33. The number of nitro groups is 1. The molecule has 0 atom stereocenters. The summed E-state index contributed by atoms with van der Waals surface area (Å²) < 4.78 is 0. The zero-order valence-electron chi connectivity index (χ0n) is 16.1. The van der Waals surface area contributed by atoms with Crippen molar-refractivity contribution in [1.29, 1.82) is 0 Å². The minimum atomic E-state index is -1.34. The zero-order valence-corrected chi connectivity index (χ0v) is 16.1. The first-order valence-corrected chi connectivity index (χ1v) is 9.01. The lowest BCUT2D eigenvalue weighted by Gasteiger charge is -2.28. The molecule has 0 aliphatic rings. The molecule has 0 saturated carbocycles. The van der Waals surface area contributed by atoms with Gasteiger partial charge in [-0.25, -0.2) is 0 Å². The molecule has 0 heterocycles. The predicted molar refractivity (Wildman–Crippen MR) is 111 cm³/mol. The number of Topliss-reactive ketones (excluding diaryl/α,β-unsaturated/α-hetero) is 1. The molecule has 0 aliphatic carbocycles. The van der Waals surface area contributed by atoms with Crippen LogP contribution in [0.2, 0.25) is 0 Å².